The molecule has 0 amide bonds. The summed E-state index contributed by atoms with van der Waals surface area (Å²) in [5, 5.41) is 3.65. The molecule has 0 aliphatic carbocycles. The SMILES string of the molecule is CCC1CCN(C(C)C2CCOCC2)CCN1. The van der Waals surface area contributed by atoms with E-state index < -0.39 is 0 Å². The third-order valence-electron chi connectivity index (χ3n) is 4.61. The fraction of sp³-hybridized carbons (Fsp3) is 1.00. The van der Waals surface area contributed by atoms with E-state index in [0.29, 0.717) is 0 Å². The van der Waals surface area contributed by atoms with Gasteiger partial charge in [-0.05, 0) is 45.1 Å². The minimum Gasteiger partial charge on any atom is -0.381 e. The molecule has 0 bridgehead atoms. The van der Waals surface area contributed by atoms with Crippen LogP contribution in [0.3, 0.4) is 0 Å². The Kier molecular flexibility index (Phi) is 5.26. The molecule has 2 heterocycles. The van der Waals surface area contributed by atoms with Gasteiger partial charge in [0.25, 0.3) is 0 Å². The van der Waals surface area contributed by atoms with Gasteiger partial charge in [0.1, 0.15) is 0 Å². The fourth-order valence-corrected chi connectivity index (χ4v) is 3.20. The van der Waals surface area contributed by atoms with Crippen molar-refractivity contribution in [3.05, 3.63) is 0 Å². The molecule has 3 nitrogen and oxygen atoms in total. The van der Waals surface area contributed by atoms with Gasteiger partial charge in [-0.1, -0.05) is 6.92 Å². The van der Waals surface area contributed by atoms with E-state index >= 15 is 0 Å². The second kappa shape index (κ2) is 6.72. The Morgan fingerprint density at radius 3 is 2.71 bits per heavy atom. The summed E-state index contributed by atoms with van der Waals surface area (Å²) in [6.45, 7) is 10.3. The molecule has 2 saturated heterocycles. The summed E-state index contributed by atoms with van der Waals surface area (Å²) in [4.78, 5) is 2.69. The van der Waals surface area contributed by atoms with Crippen molar-refractivity contribution in [2.45, 2.75) is 51.6 Å². The van der Waals surface area contributed by atoms with Gasteiger partial charge in [-0.3, -0.25) is 4.90 Å². The molecule has 2 unspecified atom stereocenters. The predicted molar refractivity (Wildman–Crippen MR) is 71.3 cm³/mol. The van der Waals surface area contributed by atoms with Crippen LogP contribution in [0.25, 0.3) is 0 Å². The molecule has 2 rings (SSSR count). The second-order valence-electron chi connectivity index (χ2n) is 5.57. The molecule has 0 radical (unpaired) electrons. The largest absolute Gasteiger partial charge is 0.381 e. The van der Waals surface area contributed by atoms with Crippen molar-refractivity contribution in [2.75, 3.05) is 32.8 Å². The van der Waals surface area contributed by atoms with Crippen LogP contribution in [0.15, 0.2) is 0 Å². The number of nitrogens with one attached hydrogen (secondary N) is 1. The smallest absolute Gasteiger partial charge is 0.0469 e. The summed E-state index contributed by atoms with van der Waals surface area (Å²) >= 11 is 0. The number of rotatable bonds is 3. The molecule has 100 valence electrons. The van der Waals surface area contributed by atoms with Crippen LogP contribution in [0.2, 0.25) is 0 Å². The Morgan fingerprint density at radius 1 is 1.24 bits per heavy atom. The van der Waals surface area contributed by atoms with Gasteiger partial charge in [0.15, 0.2) is 0 Å². The number of ether oxygens (including phenoxy) is 1. The lowest BCUT2D eigenvalue weighted by Crippen LogP contribution is -2.42. The topological polar surface area (TPSA) is 24.5 Å². The number of hydrogen-bond acceptors (Lipinski definition) is 3. The normalized spacial score (nSPS) is 31.1. The zero-order chi connectivity index (χ0) is 12.1. The van der Waals surface area contributed by atoms with Gasteiger partial charge in [-0.25, -0.2) is 0 Å². The van der Waals surface area contributed by atoms with E-state index in [1.807, 2.05) is 0 Å². The van der Waals surface area contributed by atoms with E-state index in [-0.39, 0.29) is 0 Å². The van der Waals surface area contributed by atoms with Crippen molar-refractivity contribution in [3.63, 3.8) is 0 Å². The van der Waals surface area contributed by atoms with Crippen LogP contribution in [-0.4, -0.2) is 49.8 Å². The van der Waals surface area contributed by atoms with Crippen LogP contribution in [0, 0.1) is 5.92 Å². The third kappa shape index (κ3) is 3.67. The maximum absolute atomic E-state index is 5.47. The monoisotopic (exact) mass is 240 g/mol. The molecule has 2 atom stereocenters. The molecule has 1 N–H and O–H groups in total. The van der Waals surface area contributed by atoms with Crippen molar-refractivity contribution >= 4 is 0 Å². The highest BCUT2D eigenvalue weighted by molar-refractivity contribution is 4.82. The molecular weight excluding hydrogens is 212 g/mol. The fourth-order valence-electron chi connectivity index (χ4n) is 3.20. The van der Waals surface area contributed by atoms with Gasteiger partial charge in [-0.15, -0.1) is 0 Å². The van der Waals surface area contributed by atoms with Crippen molar-refractivity contribution < 1.29 is 4.74 Å². The minimum absolute atomic E-state index is 0.733. The lowest BCUT2D eigenvalue weighted by Gasteiger charge is -2.35. The molecule has 2 aliphatic heterocycles. The van der Waals surface area contributed by atoms with Gasteiger partial charge in [0, 0.05) is 38.4 Å². The highest BCUT2D eigenvalue weighted by Crippen LogP contribution is 2.23. The Morgan fingerprint density at radius 2 is 2.00 bits per heavy atom. The summed E-state index contributed by atoms with van der Waals surface area (Å²) in [7, 11) is 0. The molecule has 3 heteroatoms. The Bertz CT molecular complexity index is 216. The van der Waals surface area contributed by atoms with E-state index in [2.05, 4.69) is 24.1 Å². The van der Waals surface area contributed by atoms with Crippen LogP contribution >= 0.6 is 0 Å². The molecule has 2 fully saturated rings. The van der Waals surface area contributed by atoms with E-state index in [1.165, 1.54) is 38.8 Å². The van der Waals surface area contributed by atoms with Crippen molar-refractivity contribution in [1.82, 2.24) is 10.2 Å². The Hall–Kier alpha value is -0.120. The Labute approximate surface area is 106 Å². The maximum atomic E-state index is 5.47. The summed E-state index contributed by atoms with van der Waals surface area (Å²) in [5.41, 5.74) is 0. The van der Waals surface area contributed by atoms with Gasteiger partial charge >= 0.3 is 0 Å². The summed E-state index contributed by atoms with van der Waals surface area (Å²) in [6.07, 6.45) is 5.08. The predicted octanol–water partition coefficient (Wildman–Crippen LogP) is 1.88. The minimum atomic E-state index is 0.733. The van der Waals surface area contributed by atoms with E-state index in [9.17, 15) is 0 Å². The summed E-state index contributed by atoms with van der Waals surface area (Å²) in [5.74, 6) is 0.849. The van der Waals surface area contributed by atoms with Crippen molar-refractivity contribution in [2.24, 2.45) is 5.92 Å². The number of hydrogen-bond donors (Lipinski definition) is 1. The first kappa shape index (κ1) is 13.3. The molecule has 0 aromatic rings. The first-order valence-corrected chi connectivity index (χ1v) is 7.36. The average molecular weight is 240 g/mol. The van der Waals surface area contributed by atoms with Crippen LogP contribution < -0.4 is 5.32 Å². The molecule has 2 aliphatic rings. The van der Waals surface area contributed by atoms with Gasteiger partial charge in [0.05, 0.1) is 0 Å². The zero-order valence-electron chi connectivity index (χ0n) is 11.5. The summed E-state index contributed by atoms with van der Waals surface area (Å²) in [6, 6.07) is 1.47. The maximum Gasteiger partial charge on any atom is 0.0469 e. The van der Waals surface area contributed by atoms with Crippen LogP contribution in [0.5, 0.6) is 0 Å². The molecule has 17 heavy (non-hydrogen) atoms. The van der Waals surface area contributed by atoms with Crippen LogP contribution in [0.1, 0.15) is 39.5 Å². The lowest BCUT2D eigenvalue weighted by molar-refractivity contribution is 0.0315. The molecule has 0 saturated carbocycles. The molecule has 0 aromatic carbocycles. The van der Waals surface area contributed by atoms with Crippen LogP contribution in [0.4, 0.5) is 0 Å². The van der Waals surface area contributed by atoms with Crippen molar-refractivity contribution in [1.29, 1.82) is 0 Å². The first-order valence-electron chi connectivity index (χ1n) is 7.36. The van der Waals surface area contributed by atoms with E-state index in [0.717, 1.165) is 37.8 Å². The quantitative estimate of drug-likeness (QED) is 0.815. The first-order chi connectivity index (χ1) is 8.31. The number of nitrogens with zero attached hydrogens (tertiary/aromatic N) is 1. The standard InChI is InChI=1S/C14H28N2O/c1-3-14-4-8-16(9-7-15-14)12(2)13-5-10-17-11-6-13/h12-15H,3-11H2,1-2H3. The van der Waals surface area contributed by atoms with E-state index in [4.69, 9.17) is 4.74 Å². The lowest BCUT2D eigenvalue weighted by atomic mass is 9.91. The summed E-state index contributed by atoms with van der Waals surface area (Å²) < 4.78 is 5.47. The van der Waals surface area contributed by atoms with Gasteiger partial charge in [0.2, 0.25) is 0 Å². The zero-order valence-corrected chi connectivity index (χ0v) is 11.5. The average Bonchev–Trinajstić information content (AvgIpc) is 2.64. The Balaban J connectivity index is 1.83. The van der Waals surface area contributed by atoms with Crippen LogP contribution in [-0.2, 0) is 4.74 Å². The molecule has 0 aromatic heterocycles. The third-order valence-corrected chi connectivity index (χ3v) is 4.61. The van der Waals surface area contributed by atoms with E-state index in [1.54, 1.807) is 0 Å². The highest BCUT2D eigenvalue weighted by atomic mass is 16.5. The second-order valence-corrected chi connectivity index (χ2v) is 5.57. The molecule has 0 spiro atoms. The van der Waals surface area contributed by atoms with Gasteiger partial charge < -0.3 is 10.1 Å². The van der Waals surface area contributed by atoms with Crippen molar-refractivity contribution in [3.8, 4) is 0 Å². The highest BCUT2D eigenvalue weighted by Gasteiger charge is 2.26. The van der Waals surface area contributed by atoms with Gasteiger partial charge in [-0.2, -0.15) is 0 Å². The molecular formula is C14H28N2O.